The first-order chi connectivity index (χ1) is 25.3. The zero-order chi connectivity index (χ0) is 33.5. The van der Waals surface area contributed by atoms with Crippen molar-refractivity contribution < 1.29 is 4.42 Å². The average molecular weight is 654 g/mol. The van der Waals surface area contributed by atoms with Gasteiger partial charge in [-0.25, -0.2) is 15.0 Å². The fourth-order valence-corrected chi connectivity index (χ4v) is 7.68. The minimum Gasteiger partial charge on any atom is -0.451 e. The van der Waals surface area contributed by atoms with Gasteiger partial charge in [0.25, 0.3) is 0 Å². The first-order valence-electron chi connectivity index (χ1n) is 17.0. The van der Waals surface area contributed by atoms with Crippen LogP contribution in [0, 0.1) is 0 Å². The molecule has 5 heterocycles. The first kappa shape index (κ1) is 27.9. The fraction of sp³-hybridized carbons (Fsp3) is 0. The Morgan fingerprint density at radius 1 is 0.412 bits per heavy atom. The van der Waals surface area contributed by atoms with Gasteiger partial charge in [0.15, 0.2) is 17.0 Å². The molecule has 11 aromatic rings. The van der Waals surface area contributed by atoms with E-state index in [-0.39, 0.29) is 0 Å². The normalized spacial score (nSPS) is 11.9. The van der Waals surface area contributed by atoms with Crippen molar-refractivity contribution in [3.63, 3.8) is 0 Å². The van der Waals surface area contributed by atoms with E-state index in [0.717, 1.165) is 44.7 Å². The summed E-state index contributed by atoms with van der Waals surface area (Å²) in [4.78, 5) is 15.0. The minimum absolute atomic E-state index is 0.609. The highest BCUT2D eigenvalue weighted by molar-refractivity contribution is 6.11. The summed E-state index contributed by atoms with van der Waals surface area (Å²) in [6, 6.07) is 55.1. The van der Waals surface area contributed by atoms with Crippen LogP contribution in [0.25, 0.3) is 99.8 Å². The lowest BCUT2D eigenvalue weighted by Gasteiger charge is -2.08. The van der Waals surface area contributed by atoms with Gasteiger partial charge < -0.3 is 13.6 Å². The quantitative estimate of drug-likeness (QED) is 0.190. The Kier molecular flexibility index (Phi) is 5.86. The molecule has 238 valence electrons. The van der Waals surface area contributed by atoms with Crippen LogP contribution in [0.15, 0.2) is 168 Å². The third-order valence-electron chi connectivity index (χ3n) is 9.99. The van der Waals surface area contributed by atoms with Crippen LogP contribution in [0.2, 0.25) is 0 Å². The molecule has 51 heavy (non-hydrogen) atoms. The van der Waals surface area contributed by atoms with Gasteiger partial charge in [-0.05, 0) is 60.7 Å². The van der Waals surface area contributed by atoms with Crippen LogP contribution >= 0.6 is 0 Å². The summed E-state index contributed by atoms with van der Waals surface area (Å²) in [5.74, 6) is 0.623. The van der Waals surface area contributed by atoms with Crippen LogP contribution in [-0.4, -0.2) is 24.1 Å². The lowest BCUT2D eigenvalue weighted by Crippen LogP contribution is -1.94. The van der Waals surface area contributed by atoms with Gasteiger partial charge in [0.2, 0.25) is 0 Å². The first-order valence-corrected chi connectivity index (χ1v) is 17.0. The van der Waals surface area contributed by atoms with Gasteiger partial charge in [-0.3, -0.25) is 0 Å². The molecule has 0 aliphatic rings. The smallest absolute Gasteiger partial charge is 0.173 e. The molecule has 0 unspecified atom stereocenters. The van der Waals surface area contributed by atoms with Crippen molar-refractivity contribution in [2.24, 2.45) is 0 Å². The molecule has 0 spiro atoms. The standard InChI is InChI=1S/C45H27N5O/c1-3-11-30(12-4-1)49-37-17-9-7-15-32(37)34-21-19-28(25-39(34)49)36-23-24-41-43(47-36)44-42(51-41)27-46-45(48-44)29-20-22-35-33-16-8-10-18-38(33)50(40(35)26-29)31-13-5-2-6-14-31/h1-27H. The third-order valence-corrected chi connectivity index (χ3v) is 9.99. The van der Waals surface area contributed by atoms with E-state index in [2.05, 4.69) is 149 Å². The number of fused-ring (bicyclic) bond motifs is 9. The maximum Gasteiger partial charge on any atom is 0.173 e. The molecule has 6 nitrogen and oxygen atoms in total. The largest absolute Gasteiger partial charge is 0.451 e. The maximum atomic E-state index is 6.21. The van der Waals surface area contributed by atoms with Crippen LogP contribution in [0.4, 0.5) is 0 Å². The highest BCUT2D eigenvalue weighted by Crippen LogP contribution is 2.37. The molecule has 0 atom stereocenters. The van der Waals surface area contributed by atoms with Gasteiger partial charge in [0.05, 0.1) is 34.0 Å². The topological polar surface area (TPSA) is 61.7 Å². The average Bonchev–Trinajstić information content (AvgIpc) is 3.85. The van der Waals surface area contributed by atoms with Crippen molar-refractivity contribution >= 4 is 65.8 Å². The Morgan fingerprint density at radius 3 is 1.59 bits per heavy atom. The Bertz CT molecular complexity index is 2920. The molecule has 0 fully saturated rings. The molecule has 5 aromatic heterocycles. The third kappa shape index (κ3) is 4.20. The Balaban J connectivity index is 1.07. The molecule has 6 aromatic carbocycles. The van der Waals surface area contributed by atoms with Crippen molar-refractivity contribution in [3.05, 3.63) is 164 Å². The molecule has 0 amide bonds. The summed E-state index contributed by atoms with van der Waals surface area (Å²) >= 11 is 0. The van der Waals surface area contributed by atoms with E-state index in [9.17, 15) is 0 Å². The summed E-state index contributed by atoms with van der Waals surface area (Å²) in [5, 5.41) is 4.81. The van der Waals surface area contributed by atoms with Crippen molar-refractivity contribution in [2.45, 2.75) is 0 Å². The molecule has 0 saturated carbocycles. The molecule has 0 bridgehead atoms. The van der Waals surface area contributed by atoms with Crippen molar-refractivity contribution in [1.82, 2.24) is 24.1 Å². The summed E-state index contributed by atoms with van der Waals surface area (Å²) in [6.07, 6.45) is 1.76. The predicted octanol–water partition coefficient (Wildman–Crippen LogP) is 11.3. The Labute approximate surface area is 291 Å². The second kappa shape index (κ2) is 10.7. The SMILES string of the molecule is c1ccc(-n2c3ccccc3c3ccc(-c4ccc5oc6cnc(-c7ccc8c9ccccc9n(-c9ccccc9)c8c7)nc6c5n4)cc32)cc1. The van der Waals surface area contributed by atoms with E-state index in [4.69, 9.17) is 19.4 Å². The summed E-state index contributed by atoms with van der Waals surface area (Å²) < 4.78 is 10.8. The van der Waals surface area contributed by atoms with Crippen molar-refractivity contribution in [1.29, 1.82) is 0 Å². The second-order valence-electron chi connectivity index (χ2n) is 12.9. The van der Waals surface area contributed by atoms with Gasteiger partial charge in [0, 0.05) is 44.0 Å². The van der Waals surface area contributed by atoms with Gasteiger partial charge >= 0.3 is 0 Å². The summed E-state index contributed by atoms with van der Waals surface area (Å²) in [6.45, 7) is 0. The molecule has 11 rings (SSSR count). The number of aromatic nitrogens is 5. The number of hydrogen-bond acceptors (Lipinski definition) is 4. The van der Waals surface area contributed by atoms with E-state index in [0.29, 0.717) is 28.0 Å². The van der Waals surface area contributed by atoms with Gasteiger partial charge in [0.1, 0.15) is 11.0 Å². The minimum atomic E-state index is 0.609. The lowest BCUT2D eigenvalue weighted by molar-refractivity contribution is 0.665. The summed E-state index contributed by atoms with van der Waals surface area (Å²) in [7, 11) is 0. The fourth-order valence-electron chi connectivity index (χ4n) is 7.68. The molecule has 0 aliphatic carbocycles. The lowest BCUT2D eigenvalue weighted by atomic mass is 10.1. The number of para-hydroxylation sites is 4. The number of rotatable bonds is 4. The Hall–Kier alpha value is -7.05. The molecule has 0 saturated heterocycles. The van der Waals surface area contributed by atoms with E-state index < -0.39 is 0 Å². The monoisotopic (exact) mass is 653 g/mol. The van der Waals surface area contributed by atoms with Gasteiger partial charge in [-0.2, -0.15) is 0 Å². The zero-order valence-electron chi connectivity index (χ0n) is 27.2. The van der Waals surface area contributed by atoms with E-state index >= 15 is 0 Å². The van der Waals surface area contributed by atoms with Gasteiger partial charge in [-0.15, -0.1) is 0 Å². The van der Waals surface area contributed by atoms with Crippen LogP contribution < -0.4 is 0 Å². The molecular formula is C45H27N5O. The van der Waals surface area contributed by atoms with Crippen molar-refractivity contribution in [3.8, 4) is 34.0 Å². The molecule has 0 radical (unpaired) electrons. The Morgan fingerprint density at radius 2 is 0.941 bits per heavy atom. The van der Waals surface area contributed by atoms with Crippen LogP contribution in [0.1, 0.15) is 0 Å². The highest BCUT2D eigenvalue weighted by atomic mass is 16.3. The molecular weight excluding hydrogens is 627 g/mol. The number of nitrogens with zero attached hydrogens (tertiary/aromatic N) is 5. The number of furan rings is 1. The maximum absolute atomic E-state index is 6.21. The van der Waals surface area contributed by atoms with E-state index in [1.807, 2.05) is 18.2 Å². The second-order valence-corrected chi connectivity index (χ2v) is 12.9. The highest BCUT2D eigenvalue weighted by Gasteiger charge is 2.18. The van der Waals surface area contributed by atoms with Crippen molar-refractivity contribution in [2.75, 3.05) is 0 Å². The number of pyridine rings is 1. The summed E-state index contributed by atoms with van der Waals surface area (Å²) in [5.41, 5.74) is 12.3. The van der Waals surface area contributed by atoms with Crippen LogP contribution in [0.3, 0.4) is 0 Å². The van der Waals surface area contributed by atoms with Crippen LogP contribution in [-0.2, 0) is 0 Å². The van der Waals surface area contributed by atoms with E-state index in [1.165, 1.54) is 27.1 Å². The van der Waals surface area contributed by atoms with Gasteiger partial charge in [-0.1, -0.05) is 97.1 Å². The molecule has 0 N–H and O–H groups in total. The van der Waals surface area contributed by atoms with E-state index in [1.54, 1.807) is 6.20 Å². The molecule has 6 heteroatoms. The predicted molar refractivity (Wildman–Crippen MR) is 207 cm³/mol. The zero-order valence-corrected chi connectivity index (χ0v) is 27.2. The number of hydrogen-bond donors (Lipinski definition) is 0. The van der Waals surface area contributed by atoms with Crippen LogP contribution in [0.5, 0.6) is 0 Å². The number of benzene rings is 6. The molecule has 0 aliphatic heterocycles.